The molecule has 0 aromatic heterocycles. The van der Waals surface area contributed by atoms with Gasteiger partial charge in [0.1, 0.15) is 0 Å². The third-order valence-corrected chi connectivity index (χ3v) is 2.92. The zero-order chi connectivity index (χ0) is 9.14. The van der Waals surface area contributed by atoms with Gasteiger partial charge in [-0.2, -0.15) is 0 Å². The first-order valence-corrected chi connectivity index (χ1v) is 4.96. The summed E-state index contributed by atoms with van der Waals surface area (Å²) >= 11 is 0. The molecular formula is C12H20. The van der Waals surface area contributed by atoms with Crippen molar-refractivity contribution in [1.29, 1.82) is 0 Å². The van der Waals surface area contributed by atoms with E-state index >= 15 is 0 Å². The van der Waals surface area contributed by atoms with Crippen molar-refractivity contribution in [3.05, 3.63) is 22.3 Å². The molecule has 1 aliphatic rings. The van der Waals surface area contributed by atoms with Crippen LogP contribution in [-0.2, 0) is 0 Å². The molecule has 0 saturated heterocycles. The van der Waals surface area contributed by atoms with Gasteiger partial charge in [-0.1, -0.05) is 11.1 Å². The minimum absolute atomic E-state index is 1.30. The first kappa shape index (κ1) is 9.57. The molecule has 0 bridgehead atoms. The second kappa shape index (κ2) is 3.93. The lowest BCUT2D eigenvalue weighted by Crippen LogP contribution is -1.89. The van der Waals surface area contributed by atoms with Crippen molar-refractivity contribution in [3.8, 4) is 0 Å². The van der Waals surface area contributed by atoms with Crippen LogP contribution in [0.15, 0.2) is 22.3 Å². The highest BCUT2D eigenvalue weighted by Crippen LogP contribution is 2.29. The van der Waals surface area contributed by atoms with E-state index in [0.29, 0.717) is 0 Å². The van der Waals surface area contributed by atoms with E-state index in [1.54, 1.807) is 16.7 Å². The molecule has 0 unspecified atom stereocenters. The highest BCUT2D eigenvalue weighted by atomic mass is 14.2. The van der Waals surface area contributed by atoms with Crippen molar-refractivity contribution in [2.75, 3.05) is 0 Å². The Bertz CT molecular complexity index is 224. The van der Waals surface area contributed by atoms with Gasteiger partial charge in [-0.05, 0) is 64.5 Å². The number of rotatable bonds is 0. The highest BCUT2D eigenvalue weighted by molar-refractivity contribution is 5.36. The van der Waals surface area contributed by atoms with Crippen molar-refractivity contribution in [2.24, 2.45) is 0 Å². The van der Waals surface area contributed by atoms with Crippen LogP contribution in [0, 0.1) is 0 Å². The maximum atomic E-state index is 2.28. The smallest absolute Gasteiger partial charge is 0.0277 e. The Labute approximate surface area is 76.4 Å². The van der Waals surface area contributed by atoms with Crippen LogP contribution in [0.1, 0.15) is 53.4 Å². The van der Waals surface area contributed by atoms with Gasteiger partial charge in [0.05, 0.1) is 0 Å². The lowest BCUT2D eigenvalue weighted by molar-refractivity contribution is 0.748. The van der Waals surface area contributed by atoms with Crippen molar-refractivity contribution in [3.63, 3.8) is 0 Å². The number of allylic oxidation sites excluding steroid dienone is 4. The van der Waals surface area contributed by atoms with Gasteiger partial charge in [0, 0.05) is 0 Å². The Morgan fingerprint density at radius 3 is 2.17 bits per heavy atom. The molecule has 12 heavy (non-hydrogen) atoms. The van der Waals surface area contributed by atoms with Crippen molar-refractivity contribution < 1.29 is 0 Å². The van der Waals surface area contributed by atoms with E-state index in [0.717, 1.165) is 0 Å². The Morgan fingerprint density at radius 1 is 1.00 bits per heavy atom. The van der Waals surface area contributed by atoms with E-state index in [9.17, 15) is 0 Å². The Kier molecular flexibility index (Phi) is 3.13. The minimum Gasteiger partial charge on any atom is -0.0730 e. The topological polar surface area (TPSA) is 0 Å². The summed E-state index contributed by atoms with van der Waals surface area (Å²) in [5.74, 6) is 0. The van der Waals surface area contributed by atoms with Crippen molar-refractivity contribution >= 4 is 0 Å². The molecule has 0 aromatic rings. The van der Waals surface area contributed by atoms with E-state index in [2.05, 4.69) is 27.7 Å². The Balaban J connectivity index is 3.01. The van der Waals surface area contributed by atoms with Crippen LogP contribution in [0.2, 0.25) is 0 Å². The van der Waals surface area contributed by atoms with Crippen molar-refractivity contribution in [1.82, 2.24) is 0 Å². The van der Waals surface area contributed by atoms with E-state index < -0.39 is 0 Å². The number of hydrogen-bond acceptors (Lipinski definition) is 0. The fourth-order valence-electron chi connectivity index (χ4n) is 1.95. The van der Waals surface area contributed by atoms with Gasteiger partial charge in [0.25, 0.3) is 0 Å². The average Bonchev–Trinajstić information content (AvgIpc) is 2.15. The largest absolute Gasteiger partial charge is 0.0730 e. The summed E-state index contributed by atoms with van der Waals surface area (Å²) < 4.78 is 0. The van der Waals surface area contributed by atoms with Crippen LogP contribution in [0.5, 0.6) is 0 Å². The molecule has 68 valence electrons. The van der Waals surface area contributed by atoms with Gasteiger partial charge in [0.15, 0.2) is 0 Å². The predicted octanol–water partition coefficient (Wildman–Crippen LogP) is 4.23. The van der Waals surface area contributed by atoms with Gasteiger partial charge in [-0.15, -0.1) is 0 Å². The predicted molar refractivity (Wildman–Crippen MR) is 55.2 cm³/mol. The second-order valence-corrected chi connectivity index (χ2v) is 4.09. The van der Waals surface area contributed by atoms with Gasteiger partial charge < -0.3 is 0 Å². The molecule has 0 radical (unpaired) electrons. The third kappa shape index (κ3) is 2.00. The Hall–Kier alpha value is -0.520. The van der Waals surface area contributed by atoms with Gasteiger partial charge in [-0.25, -0.2) is 0 Å². The zero-order valence-electron chi connectivity index (χ0n) is 8.83. The third-order valence-electron chi connectivity index (χ3n) is 2.92. The molecule has 0 fully saturated rings. The molecular weight excluding hydrogens is 144 g/mol. The van der Waals surface area contributed by atoms with E-state index in [1.165, 1.54) is 31.3 Å². The monoisotopic (exact) mass is 164 g/mol. The molecule has 0 heterocycles. The maximum Gasteiger partial charge on any atom is -0.0277 e. The Morgan fingerprint density at radius 2 is 1.58 bits per heavy atom. The summed E-state index contributed by atoms with van der Waals surface area (Å²) in [6.07, 6.45) is 5.35. The fraction of sp³-hybridized carbons (Fsp3) is 0.667. The normalized spacial score (nSPS) is 19.5. The van der Waals surface area contributed by atoms with Crippen LogP contribution in [0.4, 0.5) is 0 Å². The molecule has 0 saturated carbocycles. The van der Waals surface area contributed by atoms with Crippen LogP contribution in [0.25, 0.3) is 0 Å². The summed E-state index contributed by atoms with van der Waals surface area (Å²) in [7, 11) is 0. The summed E-state index contributed by atoms with van der Waals surface area (Å²) in [5, 5.41) is 0. The molecule has 0 atom stereocenters. The molecule has 0 heteroatoms. The first-order chi connectivity index (χ1) is 5.63. The quantitative estimate of drug-likeness (QED) is 0.502. The zero-order valence-corrected chi connectivity index (χ0v) is 8.83. The fourth-order valence-corrected chi connectivity index (χ4v) is 1.95. The summed E-state index contributed by atoms with van der Waals surface area (Å²) in [4.78, 5) is 0. The van der Waals surface area contributed by atoms with E-state index in [4.69, 9.17) is 0 Å². The van der Waals surface area contributed by atoms with Crippen LogP contribution < -0.4 is 0 Å². The molecule has 0 spiro atoms. The van der Waals surface area contributed by atoms with Crippen LogP contribution in [0.3, 0.4) is 0 Å². The standard InChI is InChI=1S/C12H20/c1-9(2)12-8-6-5-7-10(3)11(12)4/h5-8H2,1-4H3. The maximum absolute atomic E-state index is 2.28. The molecule has 0 nitrogen and oxygen atoms in total. The lowest BCUT2D eigenvalue weighted by atomic mass is 9.97. The summed E-state index contributed by atoms with van der Waals surface area (Å²) in [6, 6.07) is 0. The molecule has 1 rings (SSSR count). The molecule has 0 N–H and O–H groups in total. The molecule has 0 amide bonds. The van der Waals surface area contributed by atoms with E-state index in [-0.39, 0.29) is 0 Å². The average molecular weight is 164 g/mol. The van der Waals surface area contributed by atoms with Gasteiger partial charge in [-0.3, -0.25) is 0 Å². The number of hydrogen-bond donors (Lipinski definition) is 0. The minimum atomic E-state index is 1.30. The van der Waals surface area contributed by atoms with E-state index in [1.807, 2.05) is 0 Å². The SMILES string of the molecule is CC(C)=C1CCCCC(C)=C1C. The van der Waals surface area contributed by atoms with Crippen molar-refractivity contribution in [2.45, 2.75) is 53.4 Å². The first-order valence-electron chi connectivity index (χ1n) is 4.96. The highest BCUT2D eigenvalue weighted by Gasteiger charge is 2.09. The molecule has 0 aromatic carbocycles. The van der Waals surface area contributed by atoms with Gasteiger partial charge >= 0.3 is 0 Å². The molecule has 1 aliphatic carbocycles. The molecule has 0 aliphatic heterocycles. The lowest BCUT2D eigenvalue weighted by Gasteiger charge is -2.09. The second-order valence-electron chi connectivity index (χ2n) is 4.09. The van der Waals surface area contributed by atoms with Crippen LogP contribution >= 0.6 is 0 Å². The summed E-state index contributed by atoms with van der Waals surface area (Å²) in [5.41, 5.74) is 6.29. The van der Waals surface area contributed by atoms with Gasteiger partial charge in [0.2, 0.25) is 0 Å². The summed E-state index contributed by atoms with van der Waals surface area (Å²) in [6.45, 7) is 9.03. The van der Waals surface area contributed by atoms with Crippen LogP contribution in [-0.4, -0.2) is 0 Å².